The summed E-state index contributed by atoms with van der Waals surface area (Å²) in [4.78, 5) is 0. The molecule has 0 radical (unpaired) electrons. The Balaban J connectivity index is 1.77. The van der Waals surface area contributed by atoms with Crippen molar-refractivity contribution in [3.05, 3.63) is 23.8 Å². The van der Waals surface area contributed by atoms with E-state index in [1.165, 1.54) is 43.4 Å². The van der Waals surface area contributed by atoms with Crippen LogP contribution >= 0.6 is 0 Å². The molecule has 2 aliphatic rings. The standard InChI is InChI=1S/C18H27NO/c1-17(2)9-5-10-18(3,13-17)20-15-8-7-14-6-4-11-19-16(14)12-15/h7-8,12,19H,4-6,9-11,13H2,1-3H3. The molecule has 1 unspecified atom stereocenters. The lowest BCUT2D eigenvalue weighted by atomic mass is 9.70. The average Bonchev–Trinajstić information content (AvgIpc) is 2.36. The van der Waals surface area contributed by atoms with Crippen LogP contribution in [0.4, 0.5) is 5.69 Å². The lowest BCUT2D eigenvalue weighted by Gasteiger charge is -2.42. The van der Waals surface area contributed by atoms with Crippen molar-refractivity contribution in [1.82, 2.24) is 0 Å². The van der Waals surface area contributed by atoms with Gasteiger partial charge >= 0.3 is 0 Å². The van der Waals surface area contributed by atoms with Crippen LogP contribution in [0.1, 0.15) is 58.4 Å². The van der Waals surface area contributed by atoms with E-state index in [4.69, 9.17) is 4.74 Å². The highest BCUT2D eigenvalue weighted by atomic mass is 16.5. The van der Waals surface area contributed by atoms with Crippen LogP contribution in [0.5, 0.6) is 5.75 Å². The van der Waals surface area contributed by atoms with Gasteiger partial charge in [0.1, 0.15) is 11.4 Å². The maximum atomic E-state index is 6.40. The summed E-state index contributed by atoms with van der Waals surface area (Å²) in [6.07, 6.45) is 7.32. The molecule has 1 heterocycles. The Bertz CT molecular complexity index is 494. The summed E-state index contributed by atoms with van der Waals surface area (Å²) in [5.74, 6) is 1.03. The SMILES string of the molecule is CC1(C)CCCC(C)(Oc2ccc3c(c2)NCCC3)C1. The van der Waals surface area contributed by atoms with Gasteiger partial charge in [0.15, 0.2) is 0 Å². The molecule has 1 saturated carbocycles. The zero-order valence-electron chi connectivity index (χ0n) is 13.1. The summed E-state index contributed by atoms with van der Waals surface area (Å²) in [6, 6.07) is 6.58. The molecule has 0 bridgehead atoms. The van der Waals surface area contributed by atoms with E-state index in [2.05, 4.69) is 44.3 Å². The van der Waals surface area contributed by atoms with Crippen LogP contribution < -0.4 is 10.1 Å². The Labute approximate surface area is 122 Å². The topological polar surface area (TPSA) is 21.3 Å². The fourth-order valence-electron chi connectivity index (χ4n) is 4.01. The van der Waals surface area contributed by atoms with Crippen molar-refractivity contribution in [3.8, 4) is 5.75 Å². The number of rotatable bonds is 2. The number of hydrogen-bond donors (Lipinski definition) is 1. The molecule has 0 aromatic heterocycles. The normalized spacial score (nSPS) is 28.4. The van der Waals surface area contributed by atoms with Gasteiger partial charge in [-0.1, -0.05) is 19.9 Å². The number of ether oxygens (including phenoxy) is 1. The minimum absolute atomic E-state index is 0.00927. The van der Waals surface area contributed by atoms with E-state index in [9.17, 15) is 0 Å². The Morgan fingerprint density at radius 3 is 2.75 bits per heavy atom. The first-order chi connectivity index (χ1) is 9.46. The van der Waals surface area contributed by atoms with Gasteiger partial charge in [0.25, 0.3) is 0 Å². The highest BCUT2D eigenvalue weighted by Gasteiger charge is 2.38. The molecule has 2 nitrogen and oxygen atoms in total. The molecule has 110 valence electrons. The molecule has 0 amide bonds. The molecule has 1 aromatic carbocycles. The van der Waals surface area contributed by atoms with E-state index in [0.29, 0.717) is 5.41 Å². The van der Waals surface area contributed by atoms with Gasteiger partial charge < -0.3 is 10.1 Å². The van der Waals surface area contributed by atoms with Gasteiger partial charge in [-0.3, -0.25) is 0 Å². The first kappa shape index (κ1) is 13.8. The summed E-state index contributed by atoms with van der Waals surface area (Å²) in [5.41, 5.74) is 3.09. The molecular formula is C18H27NO. The van der Waals surface area contributed by atoms with E-state index in [-0.39, 0.29) is 5.60 Å². The second kappa shape index (κ2) is 4.98. The molecule has 1 N–H and O–H groups in total. The van der Waals surface area contributed by atoms with E-state index in [1.54, 1.807) is 0 Å². The van der Waals surface area contributed by atoms with Crippen LogP contribution in [0, 0.1) is 5.41 Å². The number of nitrogens with one attached hydrogen (secondary N) is 1. The van der Waals surface area contributed by atoms with Gasteiger partial charge in [0.2, 0.25) is 0 Å². The van der Waals surface area contributed by atoms with Crippen LogP contribution in [0.3, 0.4) is 0 Å². The number of hydrogen-bond acceptors (Lipinski definition) is 2. The van der Waals surface area contributed by atoms with Crippen LogP contribution in [-0.2, 0) is 6.42 Å². The lowest BCUT2D eigenvalue weighted by Crippen LogP contribution is -2.41. The quantitative estimate of drug-likeness (QED) is 0.837. The number of benzene rings is 1. The summed E-state index contributed by atoms with van der Waals surface area (Å²) in [5, 5.41) is 3.49. The molecule has 20 heavy (non-hydrogen) atoms. The Hall–Kier alpha value is -1.18. The summed E-state index contributed by atoms with van der Waals surface area (Å²) in [7, 11) is 0. The summed E-state index contributed by atoms with van der Waals surface area (Å²) >= 11 is 0. The van der Waals surface area contributed by atoms with Gasteiger partial charge in [0, 0.05) is 18.3 Å². The average molecular weight is 273 g/mol. The van der Waals surface area contributed by atoms with Crippen molar-refractivity contribution in [3.63, 3.8) is 0 Å². The molecule has 1 aromatic rings. The minimum Gasteiger partial charge on any atom is -0.487 e. The van der Waals surface area contributed by atoms with Crippen LogP contribution in [-0.4, -0.2) is 12.1 Å². The van der Waals surface area contributed by atoms with Crippen molar-refractivity contribution in [1.29, 1.82) is 0 Å². The predicted molar refractivity (Wildman–Crippen MR) is 84.5 cm³/mol. The van der Waals surface area contributed by atoms with Crippen molar-refractivity contribution in [2.24, 2.45) is 5.41 Å². The summed E-state index contributed by atoms with van der Waals surface area (Å²) in [6.45, 7) is 8.09. The Kier molecular flexibility index (Phi) is 3.43. The molecular weight excluding hydrogens is 246 g/mol. The van der Waals surface area contributed by atoms with Crippen molar-refractivity contribution in [2.45, 2.75) is 64.9 Å². The zero-order chi connectivity index (χ0) is 14.2. The van der Waals surface area contributed by atoms with E-state index in [0.717, 1.165) is 18.7 Å². The zero-order valence-corrected chi connectivity index (χ0v) is 13.1. The fraction of sp³-hybridized carbons (Fsp3) is 0.667. The molecule has 1 aliphatic carbocycles. The number of aryl methyl sites for hydroxylation is 1. The molecule has 0 saturated heterocycles. The monoisotopic (exact) mass is 273 g/mol. The molecule has 2 heteroatoms. The van der Waals surface area contributed by atoms with Crippen molar-refractivity contribution < 1.29 is 4.74 Å². The van der Waals surface area contributed by atoms with Crippen LogP contribution in [0.15, 0.2) is 18.2 Å². The molecule has 0 spiro atoms. The van der Waals surface area contributed by atoms with Crippen LogP contribution in [0.25, 0.3) is 0 Å². The largest absolute Gasteiger partial charge is 0.487 e. The second-order valence-electron chi connectivity index (χ2n) is 7.60. The van der Waals surface area contributed by atoms with E-state index >= 15 is 0 Å². The third-order valence-corrected chi connectivity index (χ3v) is 4.80. The number of anilines is 1. The van der Waals surface area contributed by atoms with Gasteiger partial charge in [0.05, 0.1) is 0 Å². The predicted octanol–water partition coefficient (Wildman–Crippen LogP) is 4.78. The van der Waals surface area contributed by atoms with Crippen molar-refractivity contribution in [2.75, 3.05) is 11.9 Å². The van der Waals surface area contributed by atoms with E-state index < -0.39 is 0 Å². The Morgan fingerprint density at radius 2 is 1.95 bits per heavy atom. The van der Waals surface area contributed by atoms with Gasteiger partial charge in [-0.2, -0.15) is 0 Å². The smallest absolute Gasteiger partial charge is 0.122 e. The second-order valence-corrected chi connectivity index (χ2v) is 7.60. The molecule has 1 fully saturated rings. The van der Waals surface area contributed by atoms with Gasteiger partial charge in [-0.15, -0.1) is 0 Å². The lowest BCUT2D eigenvalue weighted by molar-refractivity contribution is -0.00133. The highest BCUT2D eigenvalue weighted by molar-refractivity contribution is 5.56. The fourth-order valence-corrected chi connectivity index (χ4v) is 4.01. The third kappa shape index (κ3) is 2.94. The first-order valence-electron chi connectivity index (χ1n) is 8.02. The Morgan fingerprint density at radius 1 is 1.10 bits per heavy atom. The molecule has 3 rings (SSSR count). The van der Waals surface area contributed by atoms with Gasteiger partial charge in [-0.05, 0) is 62.5 Å². The maximum Gasteiger partial charge on any atom is 0.122 e. The number of fused-ring (bicyclic) bond motifs is 1. The van der Waals surface area contributed by atoms with Gasteiger partial charge in [-0.25, -0.2) is 0 Å². The van der Waals surface area contributed by atoms with E-state index in [1.807, 2.05) is 0 Å². The molecule has 1 aliphatic heterocycles. The third-order valence-electron chi connectivity index (χ3n) is 4.80. The molecule has 1 atom stereocenters. The highest BCUT2D eigenvalue weighted by Crippen LogP contribution is 2.43. The maximum absolute atomic E-state index is 6.40. The van der Waals surface area contributed by atoms with Crippen LogP contribution in [0.2, 0.25) is 0 Å². The minimum atomic E-state index is -0.00927. The summed E-state index contributed by atoms with van der Waals surface area (Å²) < 4.78 is 6.40. The first-order valence-corrected chi connectivity index (χ1v) is 8.02. The van der Waals surface area contributed by atoms with Crippen molar-refractivity contribution >= 4 is 5.69 Å².